The average molecular weight is 405 g/mol. The standard InChI is InChI=1S/C19H17ClN2O6/c1-26-16-10-13(18(24)22-21)8-11(17(16)27-2)4-3-7-28-19(25)12-5-6-15(23)14(20)9-12/h5-6,8-10,23H,7,21H2,1-2H3,(H,22,24). The summed E-state index contributed by atoms with van der Waals surface area (Å²) in [5, 5.41) is 9.41. The molecule has 0 spiro atoms. The van der Waals surface area contributed by atoms with Crippen molar-refractivity contribution in [2.45, 2.75) is 0 Å². The van der Waals surface area contributed by atoms with Crippen molar-refractivity contribution < 1.29 is 28.9 Å². The van der Waals surface area contributed by atoms with Crippen molar-refractivity contribution in [3.8, 4) is 29.1 Å². The molecule has 2 aromatic rings. The van der Waals surface area contributed by atoms with Gasteiger partial charge in [0.25, 0.3) is 5.91 Å². The Hall–Kier alpha value is -3.41. The second-order valence-corrected chi connectivity index (χ2v) is 5.68. The number of benzene rings is 2. The summed E-state index contributed by atoms with van der Waals surface area (Å²) in [5.41, 5.74) is 2.77. The summed E-state index contributed by atoms with van der Waals surface area (Å²) in [4.78, 5) is 23.8. The van der Waals surface area contributed by atoms with Crippen molar-refractivity contribution in [3.05, 3.63) is 52.0 Å². The molecule has 8 nitrogen and oxygen atoms in total. The molecular formula is C19H17ClN2O6. The van der Waals surface area contributed by atoms with E-state index in [0.29, 0.717) is 17.1 Å². The number of phenols is 1. The van der Waals surface area contributed by atoms with Crippen LogP contribution in [0.15, 0.2) is 30.3 Å². The topological polar surface area (TPSA) is 120 Å². The second kappa shape index (κ2) is 9.50. The monoisotopic (exact) mass is 404 g/mol. The van der Waals surface area contributed by atoms with Gasteiger partial charge in [-0.05, 0) is 30.3 Å². The number of hydrogen-bond acceptors (Lipinski definition) is 7. The van der Waals surface area contributed by atoms with Crippen LogP contribution < -0.4 is 20.7 Å². The van der Waals surface area contributed by atoms with E-state index in [2.05, 4.69) is 11.8 Å². The Bertz CT molecular complexity index is 965. The molecule has 0 aliphatic rings. The fourth-order valence-corrected chi connectivity index (χ4v) is 2.40. The van der Waals surface area contributed by atoms with E-state index < -0.39 is 11.9 Å². The minimum atomic E-state index is -0.656. The van der Waals surface area contributed by atoms with Crippen LogP contribution in [-0.4, -0.2) is 37.8 Å². The fourth-order valence-electron chi connectivity index (χ4n) is 2.22. The van der Waals surface area contributed by atoms with E-state index in [1.807, 2.05) is 5.43 Å². The normalized spacial score (nSPS) is 9.71. The van der Waals surface area contributed by atoms with Crippen LogP contribution in [0.3, 0.4) is 0 Å². The minimum Gasteiger partial charge on any atom is -0.506 e. The highest BCUT2D eigenvalue weighted by Crippen LogP contribution is 2.32. The van der Waals surface area contributed by atoms with Crippen molar-refractivity contribution in [2.24, 2.45) is 5.84 Å². The molecule has 0 heterocycles. The van der Waals surface area contributed by atoms with Crippen LogP contribution in [0.5, 0.6) is 17.2 Å². The van der Waals surface area contributed by atoms with E-state index in [0.717, 1.165) is 0 Å². The van der Waals surface area contributed by atoms with Crippen LogP contribution >= 0.6 is 11.6 Å². The molecule has 0 saturated carbocycles. The number of nitrogens with one attached hydrogen (secondary N) is 1. The third-order valence-corrected chi connectivity index (χ3v) is 3.86. The smallest absolute Gasteiger partial charge is 0.339 e. The summed E-state index contributed by atoms with van der Waals surface area (Å²) in [6.45, 7) is -0.226. The number of phenolic OH excluding ortho intramolecular Hbond substituents is 1. The number of amides is 1. The first-order valence-corrected chi connectivity index (χ1v) is 8.20. The van der Waals surface area contributed by atoms with Crippen molar-refractivity contribution in [1.29, 1.82) is 0 Å². The molecule has 0 saturated heterocycles. The van der Waals surface area contributed by atoms with Gasteiger partial charge < -0.3 is 19.3 Å². The Labute approximate surface area is 166 Å². The predicted octanol–water partition coefficient (Wildman–Crippen LogP) is 1.87. The van der Waals surface area contributed by atoms with Gasteiger partial charge in [-0.25, -0.2) is 10.6 Å². The molecule has 0 aliphatic carbocycles. The maximum absolute atomic E-state index is 12.0. The lowest BCUT2D eigenvalue weighted by Crippen LogP contribution is -2.30. The van der Waals surface area contributed by atoms with Gasteiger partial charge in [-0.1, -0.05) is 23.4 Å². The lowest BCUT2D eigenvalue weighted by molar-refractivity contribution is 0.0556. The Balaban J connectivity index is 2.19. The number of halogens is 1. The second-order valence-electron chi connectivity index (χ2n) is 5.28. The van der Waals surface area contributed by atoms with Crippen LogP contribution in [0, 0.1) is 11.8 Å². The highest BCUT2D eigenvalue weighted by molar-refractivity contribution is 6.32. The number of carbonyl (C=O) groups is 2. The maximum Gasteiger partial charge on any atom is 0.339 e. The number of esters is 1. The van der Waals surface area contributed by atoms with Crippen molar-refractivity contribution in [2.75, 3.05) is 20.8 Å². The van der Waals surface area contributed by atoms with E-state index in [4.69, 9.17) is 31.7 Å². The maximum atomic E-state index is 12.0. The first kappa shape index (κ1) is 20.9. The van der Waals surface area contributed by atoms with Gasteiger partial charge in [0.15, 0.2) is 18.1 Å². The number of nitrogen functional groups attached to an aromatic ring is 1. The number of hydrogen-bond donors (Lipinski definition) is 3. The molecule has 4 N–H and O–H groups in total. The summed E-state index contributed by atoms with van der Waals surface area (Å²) in [7, 11) is 2.85. The van der Waals surface area contributed by atoms with Crippen LogP contribution in [0.1, 0.15) is 26.3 Å². The zero-order valence-corrected chi connectivity index (χ0v) is 15.8. The van der Waals surface area contributed by atoms with E-state index in [9.17, 15) is 14.7 Å². The van der Waals surface area contributed by atoms with E-state index in [1.165, 1.54) is 44.6 Å². The van der Waals surface area contributed by atoms with Gasteiger partial charge >= 0.3 is 5.97 Å². The number of hydrazine groups is 1. The minimum absolute atomic E-state index is 0.0346. The average Bonchev–Trinajstić information content (AvgIpc) is 2.71. The molecule has 0 aromatic heterocycles. The Kier molecular flexibility index (Phi) is 7.09. The van der Waals surface area contributed by atoms with E-state index in [1.54, 1.807) is 0 Å². The van der Waals surface area contributed by atoms with Gasteiger partial charge in [0.2, 0.25) is 0 Å². The molecular weight excluding hydrogens is 388 g/mol. The number of methoxy groups -OCH3 is 2. The molecule has 0 fully saturated rings. The molecule has 1 amide bonds. The number of ether oxygens (including phenoxy) is 3. The van der Waals surface area contributed by atoms with Gasteiger partial charge in [0.1, 0.15) is 5.75 Å². The molecule has 0 unspecified atom stereocenters. The summed E-state index contributed by atoms with van der Waals surface area (Å²) in [6, 6.07) is 6.88. The number of nitrogens with two attached hydrogens (primary N) is 1. The van der Waals surface area contributed by atoms with Crippen LogP contribution in [0.2, 0.25) is 5.02 Å². The van der Waals surface area contributed by atoms with Crippen molar-refractivity contribution in [3.63, 3.8) is 0 Å². The van der Waals surface area contributed by atoms with Gasteiger partial charge in [-0.15, -0.1) is 0 Å². The predicted molar refractivity (Wildman–Crippen MR) is 101 cm³/mol. The van der Waals surface area contributed by atoms with Crippen LogP contribution in [0.4, 0.5) is 0 Å². The van der Waals surface area contributed by atoms with Crippen molar-refractivity contribution >= 4 is 23.5 Å². The number of rotatable bonds is 5. The SMILES string of the molecule is COc1cc(C(=O)NN)cc(C#CCOC(=O)c2ccc(O)c(Cl)c2)c1OC. The third kappa shape index (κ3) is 4.85. The van der Waals surface area contributed by atoms with E-state index in [-0.39, 0.29) is 28.5 Å². The zero-order chi connectivity index (χ0) is 20.7. The van der Waals surface area contributed by atoms with Crippen molar-refractivity contribution in [1.82, 2.24) is 5.43 Å². The first-order valence-electron chi connectivity index (χ1n) is 7.82. The summed E-state index contributed by atoms with van der Waals surface area (Å²) in [6.07, 6.45) is 0. The Morgan fingerprint density at radius 1 is 1.18 bits per heavy atom. The first-order chi connectivity index (χ1) is 13.4. The Morgan fingerprint density at radius 2 is 1.93 bits per heavy atom. The van der Waals surface area contributed by atoms with Gasteiger partial charge in [0, 0.05) is 5.56 Å². The summed E-state index contributed by atoms with van der Waals surface area (Å²) >= 11 is 5.76. The number of aromatic hydroxyl groups is 1. The zero-order valence-electron chi connectivity index (χ0n) is 15.0. The lowest BCUT2D eigenvalue weighted by atomic mass is 10.1. The molecule has 9 heteroatoms. The molecule has 0 radical (unpaired) electrons. The quantitative estimate of drug-likeness (QED) is 0.229. The molecule has 0 aliphatic heterocycles. The van der Waals surface area contributed by atoms with E-state index >= 15 is 0 Å². The molecule has 0 atom stereocenters. The van der Waals surface area contributed by atoms with Gasteiger partial charge in [-0.3, -0.25) is 10.2 Å². The summed E-state index contributed by atoms with van der Waals surface area (Å²) < 4.78 is 15.5. The van der Waals surface area contributed by atoms with Crippen LogP contribution in [-0.2, 0) is 4.74 Å². The Morgan fingerprint density at radius 3 is 2.54 bits per heavy atom. The molecule has 28 heavy (non-hydrogen) atoms. The molecule has 2 rings (SSSR count). The van der Waals surface area contributed by atoms with Gasteiger partial charge in [0.05, 0.1) is 30.4 Å². The molecule has 0 bridgehead atoms. The molecule has 146 valence electrons. The number of carbonyl (C=O) groups excluding carboxylic acids is 2. The largest absolute Gasteiger partial charge is 0.506 e. The van der Waals surface area contributed by atoms with Gasteiger partial charge in [-0.2, -0.15) is 0 Å². The van der Waals surface area contributed by atoms with Crippen LogP contribution in [0.25, 0.3) is 0 Å². The summed E-state index contributed by atoms with van der Waals surface area (Å²) in [5.74, 6) is 9.88. The lowest BCUT2D eigenvalue weighted by Gasteiger charge is -2.11. The highest BCUT2D eigenvalue weighted by Gasteiger charge is 2.15. The molecule has 2 aromatic carbocycles. The fraction of sp³-hybridized carbons (Fsp3) is 0.158. The third-order valence-electron chi connectivity index (χ3n) is 3.55. The highest BCUT2D eigenvalue weighted by atomic mass is 35.5.